The quantitative estimate of drug-likeness (QED) is 0.784. The summed E-state index contributed by atoms with van der Waals surface area (Å²) in [6.07, 6.45) is 2.41. The number of carbonyl (C=O) groups is 1. The molecular formula is C14H15N5O2. The summed E-state index contributed by atoms with van der Waals surface area (Å²) < 4.78 is 3.90. The number of imidazole rings is 1. The first-order chi connectivity index (χ1) is 10.1. The molecule has 0 spiro atoms. The number of fused-ring (bicyclic) bond motifs is 1. The predicted octanol–water partition coefficient (Wildman–Crippen LogP) is 1.47. The summed E-state index contributed by atoms with van der Waals surface area (Å²) in [5.74, 6) is 0.777. The van der Waals surface area contributed by atoms with Gasteiger partial charge in [0.15, 0.2) is 5.82 Å². The average Bonchev–Trinajstić information content (AvgIpc) is 3.03. The number of benzene rings is 1. The molecule has 0 amide bonds. The zero-order valence-corrected chi connectivity index (χ0v) is 11.8. The Labute approximate surface area is 120 Å². The monoisotopic (exact) mass is 285 g/mol. The van der Waals surface area contributed by atoms with Crippen molar-refractivity contribution < 1.29 is 9.90 Å². The van der Waals surface area contributed by atoms with Crippen molar-refractivity contribution in [1.82, 2.24) is 24.3 Å². The second-order valence-corrected chi connectivity index (χ2v) is 4.83. The molecule has 0 radical (unpaired) electrons. The van der Waals surface area contributed by atoms with E-state index in [4.69, 9.17) is 5.11 Å². The Balaban J connectivity index is 2.12. The lowest BCUT2D eigenvalue weighted by atomic mass is 10.2. The third kappa shape index (κ3) is 2.26. The van der Waals surface area contributed by atoms with E-state index in [0.29, 0.717) is 12.1 Å². The van der Waals surface area contributed by atoms with Gasteiger partial charge in [0, 0.05) is 13.5 Å². The van der Waals surface area contributed by atoms with E-state index >= 15 is 0 Å². The van der Waals surface area contributed by atoms with Crippen LogP contribution in [0.25, 0.3) is 11.0 Å². The lowest BCUT2D eigenvalue weighted by Gasteiger charge is -2.07. The van der Waals surface area contributed by atoms with E-state index in [0.717, 1.165) is 23.6 Å². The van der Waals surface area contributed by atoms with Gasteiger partial charge in [-0.2, -0.15) is 0 Å². The van der Waals surface area contributed by atoms with Crippen molar-refractivity contribution in [3.8, 4) is 0 Å². The van der Waals surface area contributed by atoms with Crippen LogP contribution in [0.15, 0.2) is 24.5 Å². The number of nitrogens with zero attached hydrogens (tertiary/aromatic N) is 5. The summed E-state index contributed by atoms with van der Waals surface area (Å²) in [5.41, 5.74) is 1.84. The number of hydrogen-bond acceptors (Lipinski definition) is 4. The minimum absolute atomic E-state index is 0.244. The van der Waals surface area contributed by atoms with Gasteiger partial charge >= 0.3 is 5.97 Å². The van der Waals surface area contributed by atoms with Gasteiger partial charge in [-0.3, -0.25) is 0 Å². The summed E-state index contributed by atoms with van der Waals surface area (Å²) in [6.45, 7) is 2.58. The van der Waals surface area contributed by atoms with Crippen LogP contribution in [0.2, 0.25) is 0 Å². The number of carboxylic acids is 1. The van der Waals surface area contributed by atoms with E-state index in [1.165, 1.54) is 0 Å². The molecule has 1 N–H and O–H groups in total. The predicted molar refractivity (Wildman–Crippen MR) is 76.2 cm³/mol. The maximum atomic E-state index is 11.1. The third-order valence-corrected chi connectivity index (χ3v) is 3.50. The molecule has 21 heavy (non-hydrogen) atoms. The number of hydrogen-bond donors (Lipinski definition) is 1. The Morgan fingerprint density at radius 1 is 1.33 bits per heavy atom. The molecule has 3 aromatic rings. The topological polar surface area (TPSA) is 85.8 Å². The maximum Gasteiger partial charge on any atom is 0.335 e. The summed E-state index contributed by atoms with van der Waals surface area (Å²) in [7, 11) is 1.89. The lowest BCUT2D eigenvalue weighted by Crippen LogP contribution is -2.08. The molecule has 0 aliphatic carbocycles. The molecule has 0 aliphatic heterocycles. The largest absolute Gasteiger partial charge is 0.478 e. The van der Waals surface area contributed by atoms with Crippen LogP contribution >= 0.6 is 0 Å². The van der Waals surface area contributed by atoms with Crippen molar-refractivity contribution in [3.63, 3.8) is 0 Å². The standard InChI is InChI=1S/C14H15N5O2/c1-3-12-16-10-6-9(14(20)21)4-5-11(10)19(12)7-13-17-15-8-18(13)2/h4-6,8H,3,7H2,1-2H3,(H,20,21). The molecule has 7 heteroatoms. The molecule has 0 aliphatic rings. The number of aromatic carboxylic acids is 1. The van der Waals surface area contributed by atoms with Crippen LogP contribution in [0.1, 0.15) is 28.9 Å². The van der Waals surface area contributed by atoms with E-state index in [1.54, 1.807) is 24.5 Å². The zero-order chi connectivity index (χ0) is 15.0. The molecular weight excluding hydrogens is 270 g/mol. The van der Waals surface area contributed by atoms with Crippen molar-refractivity contribution in [2.24, 2.45) is 7.05 Å². The molecule has 1 aromatic carbocycles. The highest BCUT2D eigenvalue weighted by atomic mass is 16.4. The molecule has 0 saturated carbocycles. The summed E-state index contributed by atoms with van der Waals surface area (Å²) in [6, 6.07) is 4.99. The Bertz CT molecular complexity index is 818. The van der Waals surface area contributed by atoms with Crippen molar-refractivity contribution >= 4 is 17.0 Å². The summed E-state index contributed by atoms with van der Waals surface area (Å²) in [4.78, 5) is 15.6. The Kier molecular flexibility index (Phi) is 3.17. The number of aryl methyl sites for hydroxylation is 2. The minimum Gasteiger partial charge on any atom is -0.478 e. The van der Waals surface area contributed by atoms with Gasteiger partial charge in [-0.05, 0) is 18.2 Å². The zero-order valence-electron chi connectivity index (χ0n) is 11.8. The van der Waals surface area contributed by atoms with Crippen molar-refractivity contribution in [2.75, 3.05) is 0 Å². The summed E-state index contributed by atoms with van der Waals surface area (Å²) in [5, 5.41) is 17.0. The van der Waals surface area contributed by atoms with Gasteiger partial charge in [-0.15, -0.1) is 10.2 Å². The Hall–Kier alpha value is -2.70. The van der Waals surface area contributed by atoms with Crippen LogP contribution in [0.4, 0.5) is 0 Å². The number of rotatable bonds is 4. The molecule has 0 atom stereocenters. The van der Waals surface area contributed by atoms with Crippen molar-refractivity contribution in [3.05, 3.63) is 41.7 Å². The Morgan fingerprint density at radius 2 is 2.14 bits per heavy atom. The van der Waals surface area contributed by atoms with Crippen LogP contribution in [0, 0.1) is 0 Å². The SMILES string of the molecule is CCc1nc2cc(C(=O)O)ccc2n1Cc1nncn1C. The van der Waals surface area contributed by atoms with Gasteiger partial charge in [0.2, 0.25) is 0 Å². The van der Waals surface area contributed by atoms with Crippen LogP contribution in [-0.2, 0) is 20.0 Å². The number of carboxylic acid groups (broad SMARTS) is 1. The smallest absolute Gasteiger partial charge is 0.335 e. The van der Waals surface area contributed by atoms with Gasteiger partial charge in [0.05, 0.1) is 23.1 Å². The first-order valence-electron chi connectivity index (χ1n) is 6.65. The molecule has 0 bridgehead atoms. The van der Waals surface area contributed by atoms with Crippen LogP contribution in [-0.4, -0.2) is 35.4 Å². The second kappa shape index (κ2) is 5.01. The lowest BCUT2D eigenvalue weighted by molar-refractivity contribution is 0.0697. The molecule has 3 rings (SSSR count). The van der Waals surface area contributed by atoms with Crippen molar-refractivity contribution in [2.45, 2.75) is 19.9 Å². The fourth-order valence-electron chi connectivity index (χ4n) is 2.35. The first kappa shape index (κ1) is 13.3. The van der Waals surface area contributed by atoms with Crippen LogP contribution in [0.5, 0.6) is 0 Å². The van der Waals surface area contributed by atoms with Crippen molar-refractivity contribution in [1.29, 1.82) is 0 Å². The minimum atomic E-state index is -0.946. The van der Waals surface area contributed by atoms with E-state index in [9.17, 15) is 4.79 Å². The fourth-order valence-corrected chi connectivity index (χ4v) is 2.35. The molecule has 0 saturated heterocycles. The summed E-state index contributed by atoms with van der Waals surface area (Å²) >= 11 is 0. The fraction of sp³-hybridized carbons (Fsp3) is 0.286. The second-order valence-electron chi connectivity index (χ2n) is 4.83. The maximum absolute atomic E-state index is 11.1. The first-order valence-corrected chi connectivity index (χ1v) is 6.65. The van der Waals surface area contributed by atoms with E-state index in [2.05, 4.69) is 15.2 Å². The van der Waals surface area contributed by atoms with Crippen LogP contribution < -0.4 is 0 Å². The van der Waals surface area contributed by atoms with E-state index < -0.39 is 5.97 Å². The van der Waals surface area contributed by atoms with Gasteiger partial charge in [-0.1, -0.05) is 6.92 Å². The molecule has 2 aromatic heterocycles. The molecule has 0 unspecified atom stereocenters. The van der Waals surface area contributed by atoms with Gasteiger partial charge in [0.1, 0.15) is 12.2 Å². The highest BCUT2D eigenvalue weighted by Gasteiger charge is 2.14. The van der Waals surface area contributed by atoms with Gasteiger partial charge in [0.25, 0.3) is 0 Å². The molecule has 0 fully saturated rings. The molecule has 2 heterocycles. The van der Waals surface area contributed by atoms with Gasteiger partial charge in [-0.25, -0.2) is 9.78 Å². The normalized spacial score (nSPS) is 11.1. The Morgan fingerprint density at radius 3 is 2.76 bits per heavy atom. The van der Waals surface area contributed by atoms with E-state index in [1.807, 2.05) is 23.1 Å². The molecule has 108 valence electrons. The highest BCUT2D eigenvalue weighted by Crippen LogP contribution is 2.19. The van der Waals surface area contributed by atoms with Crippen LogP contribution in [0.3, 0.4) is 0 Å². The van der Waals surface area contributed by atoms with Gasteiger partial charge < -0.3 is 14.2 Å². The molecule has 7 nitrogen and oxygen atoms in total. The highest BCUT2D eigenvalue weighted by molar-refractivity contribution is 5.92. The third-order valence-electron chi connectivity index (χ3n) is 3.50. The van der Waals surface area contributed by atoms with E-state index in [-0.39, 0.29) is 5.56 Å². The average molecular weight is 285 g/mol. The number of aromatic nitrogens is 5.